The number of fused-ring (bicyclic) bond motifs is 1. The number of hydrogen-bond acceptors (Lipinski definition) is 3. The lowest BCUT2D eigenvalue weighted by molar-refractivity contribution is 0.192. The number of rotatable bonds is 10. The zero-order chi connectivity index (χ0) is 19.1. The summed E-state index contributed by atoms with van der Waals surface area (Å²) in [4.78, 5) is 6.49. The highest BCUT2D eigenvalue weighted by Crippen LogP contribution is 2.42. The summed E-state index contributed by atoms with van der Waals surface area (Å²) in [6.45, 7) is 5.47. The molecule has 0 fully saturated rings. The highest BCUT2D eigenvalue weighted by Gasteiger charge is 2.28. The lowest BCUT2D eigenvalue weighted by Gasteiger charge is -2.22. The van der Waals surface area contributed by atoms with E-state index in [0.29, 0.717) is 12.0 Å². The summed E-state index contributed by atoms with van der Waals surface area (Å²) in [5.74, 6) is 0.650. The van der Waals surface area contributed by atoms with E-state index in [1.807, 2.05) is 11.8 Å². The van der Waals surface area contributed by atoms with Crippen molar-refractivity contribution < 1.29 is 4.74 Å². The molecule has 1 aliphatic carbocycles. The molecule has 27 heavy (non-hydrogen) atoms. The summed E-state index contributed by atoms with van der Waals surface area (Å²) in [5.41, 5.74) is 4.41. The van der Waals surface area contributed by atoms with E-state index in [1.54, 1.807) is 7.11 Å². The lowest BCUT2D eigenvalue weighted by atomic mass is 9.84. The Balaban J connectivity index is 1.66. The van der Waals surface area contributed by atoms with Crippen LogP contribution in [0.25, 0.3) is 5.57 Å². The number of nitrogens with zero attached hydrogens (tertiary/aromatic N) is 1. The van der Waals surface area contributed by atoms with Gasteiger partial charge in [0.15, 0.2) is 0 Å². The second-order valence-electron chi connectivity index (χ2n) is 7.51. The van der Waals surface area contributed by atoms with Crippen molar-refractivity contribution in [2.45, 2.75) is 70.8 Å². The number of aliphatic imine (C=N–C) groups is 1. The molecule has 1 aliphatic heterocycles. The summed E-state index contributed by atoms with van der Waals surface area (Å²) < 4.78 is 5.14. The highest BCUT2D eigenvalue weighted by atomic mass is 32.2. The van der Waals surface area contributed by atoms with E-state index >= 15 is 0 Å². The van der Waals surface area contributed by atoms with Gasteiger partial charge in [0.05, 0.1) is 11.1 Å². The van der Waals surface area contributed by atoms with Crippen LogP contribution in [0.2, 0.25) is 0 Å². The van der Waals surface area contributed by atoms with Gasteiger partial charge in [-0.25, -0.2) is 0 Å². The van der Waals surface area contributed by atoms with Crippen molar-refractivity contribution in [3.05, 3.63) is 52.4 Å². The molecule has 0 saturated heterocycles. The SMILES string of the molecule is CCC(CC)c1ccccc1C1=CC=C2SC(CCCCCOC)=NC2C1. The highest BCUT2D eigenvalue weighted by molar-refractivity contribution is 8.17. The van der Waals surface area contributed by atoms with Crippen molar-refractivity contribution in [3.8, 4) is 0 Å². The number of hydrogen-bond donors (Lipinski definition) is 0. The fraction of sp³-hybridized carbons (Fsp3) is 0.542. The maximum atomic E-state index is 5.14. The number of thioether (sulfide) groups is 1. The van der Waals surface area contributed by atoms with Gasteiger partial charge in [0.2, 0.25) is 0 Å². The van der Waals surface area contributed by atoms with Crippen LogP contribution in [0.1, 0.15) is 75.8 Å². The van der Waals surface area contributed by atoms with E-state index in [2.05, 4.69) is 50.3 Å². The van der Waals surface area contributed by atoms with Gasteiger partial charge in [0.25, 0.3) is 0 Å². The molecule has 1 unspecified atom stereocenters. The summed E-state index contributed by atoms with van der Waals surface area (Å²) in [6, 6.07) is 9.34. The average Bonchev–Trinajstić information content (AvgIpc) is 3.11. The molecule has 1 atom stereocenters. The van der Waals surface area contributed by atoms with Gasteiger partial charge < -0.3 is 4.74 Å². The first-order valence-corrected chi connectivity index (χ1v) is 11.3. The monoisotopic (exact) mass is 383 g/mol. The van der Waals surface area contributed by atoms with Crippen molar-refractivity contribution in [1.82, 2.24) is 0 Å². The largest absolute Gasteiger partial charge is 0.385 e. The first-order chi connectivity index (χ1) is 13.3. The molecule has 0 spiro atoms. The molecule has 0 radical (unpaired) electrons. The Morgan fingerprint density at radius 3 is 2.70 bits per heavy atom. The molecule has 0 amide bonds. The van der Waals surface area contributed by atoms with Crippen LogP contribution in [0.15, 0.2) is 46.3 Å². The minimum absolute atomic E-state index is 0.346. The van der Waals surface area contributed by atoms with Crippen molar-refractivity contribution >= 4 is 22.4 Å². The first kappa shape index (κ1) is 20.4. The molecular weight excluding hydrogens is 350 g/mol. The minimum atomic E-state index is 0.346. The van der Waals surface area contributed by atoms with Crippen LogP contribution < -0.4 is 0 Å². The van der Waals surface area contributed by atoms with E-state index in [4.69, 9.17) is 9.73 Å². The molecule has 2 nitrogen and oxygen atoms in total. The third kappa shape index (κ3) is 5.14. The van der Waals surface area contributed by atoms with E-state index in [9.17, 15) is 0 Å². The van der Waals surface area contributed by atoms with Gasteiger partial charge >= 0.3 is 0 Å². The van der Waals surface area contributed by atoms with Crippen molar-refractivity contribution in [3.63, 3.8) is 0 Å². The maximum Gasteiger partial charge on any atom is 0.0861 e. The Hall–Kier alpha value is -1.32. The predicted molar refractivity (Wildman–Crippen MR) is 120 cm³/mol. The molecule has 0 bridgehead atoms. The number of ether oxygens (including phenoxy) is 1. The Labute approximate surface area is 169 Å². The maximum absolute atomic E-state index is 5.14. The third-order valence-electron chi connectivity index (χ3n) is 5.70. The van der Waals surface area contributed by atoms with Gasteiger partial charge in [-0.1, -0.05) is 62.4 Å². The Bertz CT molecular complexity index is 715. The van der Waals surface area contributed by atoms with Crippen LogP contribution in [-0.2, 0) is 4.74 Å². The quantitative estimate of drug-likeness (QED) is 0.406. The Kier molecular flexibility index (Phi) is 7.78. The molecular formula is C24H33NOS. The summed E-state index contributed by atoms with van der Waals surface area (Å²) in [7, 11) is 1.78. The van der Waals surface area contributed by atoms with Gasteiger partial charge in [-0.3, -0.25) is 4.99 Å². The lowest BCUT2D eigenvalue weighted by Crippen LogP contribution is -2.09. The van der Waals surface area contributed by atoms with E-state index in [0.717, 1.165) is 25.9 Å². The molecule has 1 heterocycles. The third-order valence-corrected chi connectivity index (χ3v) is 6.89. The van der Waals surface area contributed by atoms with Crippen LogP contribution in [0.3, 0.4) is 0 Å². The predicted octanol–water partition coefficient (Wildman–Crippen LogP) is 6.98. The average molecular weight is 384 g/mol. The van der Waals surface area contributed by atoms with Crippen molar-refractivity contribution in [1.29, 1.82) is 0 Å². The fourth-order valence-corrected chi connectivity index (χ4v) is 5.21. The summed E-state index contributed by atoms with van der Waals surface area (Å²) in [5, 5.41) is 1.33. The van der Waals surface area contributed by atoms with Gasteiger partial charge in [-0.05, 0) is 60.8 Å². The van der Waals surface area contributed by atoms with Crippen LogP contribution in [-0.4, -0.2) is 24.8 Å². The molecule has 0 N–H and O–H groups in total. The van der Waals surface area contributed by atoms with Gasteiger partial charge in [0.1, 0.15) is 0 Å². The Morgan fingerprint density at radius 1 is 1.11 bits per heavy atom. The summed E-state index contributed by atoms with van der Waals surface area (Å²) >= 11 is 1.91. The molecule has 146 valence electrons. The minimum Gasteiger partial charge on any atom is -0.385 e. The number of methoxy groups -OCH3 is 1. The number of allylic oxidation sites excluding steroid dienone is 2. The molecule has 2 aliphatic rings. The Morgan fingerprint density at radius 2 is 1.93 bits per heavy atom. The second-order valence-corrected chi connectivity index (χ2v) is 8.66. The van der Waals surface area contributed by atoms with E-state index < -0.39 is 0 Å². The standard InChI is InChI=1S/C24H33NOS/c1-4-18(5-2)20-11-8-9-12-21(20)19-14-15-23-22(17-19)25-24(27-23)13-7-6-10-16-26-3/h8-9,11-12,14-15,18,22H,4-7,10,13,16-17H2,1-3H3. The molecule has 3 rings (SSSR count). The molecule has 0 aromatic heterocycles. The number of unbranched alkanes of at least 4 members (excludes halogenated alkanes) is 2. The molecule has 0 saturated carbocycles. The van der Waals surface area contributed by atoms with E-state index in [-0.39, 0.29) is 0 Å². The van der Waals surface area contributed by atoms with Gasteiger partial charge in [-0.15, -0.1) is 0 Å². The van der Waals surface area contributed by atoms with Crippen LogP contribution >= 0.6 is 11.8 Å². The van der Waals surface area contributed by atoms with Crippen molar-refractivity contribution in [2.24, 2.45) is 4.99 Å². The number of benzene rings is 1. The fourth-order valence-electron chi connectivity index (χ4n) is 4.11. The topological polar surface area (TPSA) is 21.6 Å². The molecule has 1 aromatic rings. The smallest absolute Gasteiger partial charge is 0.0861 e. The first-order valence-electron chi connectivity index (χ1n) is 10.5. The van der Waals surface area contributed by atoms with Crippen LogP contribution in [0.5, 0.6) is 0 Å². The summed E-state index contributed by atoms with van der Waals surface area (Å²) in [6.07, 6.45) is 12.8. The van der Waals surface area contributed by atoms with Crippen molar-refractivity contribution in [2.75, 3.05) is 13.7 Å². The van der Waals surface area contributed by atoms with Crippen LogP contribution in [0, 0.1) is 0 Å². The normalized spacial score (nSPS) is 19.0. The molecule has 1 aromatic carbocycles. The van der Waals surface area contributed by atoms with E-state index in [1.165, 1.54) is 52.3 Å². The second kappa shape index (κ2) is 10.3. The molecule has 3 heteroatoms. The van der Waals surface area contributed by atoms with Crippen LogP contribution in [0.4, 0.5) is 0 Å². The van der Waals surface area contributed by atoms with Gasteiger partial charge in [0, 0.05) is 25.0 Å². The van der Waals surface area contributed by atoms with Gasteiger partial charge in [-0.2, -0.15) is 0 Å². The zero-order valence-electron chi connectivity index (χ0n) is 17.0. The zero-order valence-corrected chi connectivity index (χ0v) is 17.9.